The van der Waals surface area contributed by atoms with Gasteiger partial charge in [0.05, 0.1) is 12.7 Å². The first-order valence-corrected chi connectivity index (χ1v) is 7.43. The number of hydrogen-bond acceptors (Lipinski definition) is 3. The maximum atomic E-state index is 11.2. The molecule has 0 saturated carbocycles. The summed E-state index contributed by atoms with van der Waals surface area (Å²) in [4.78, 5) is 4.54. The van der Waals surface area contributed by atoms with Gasteiger partial charge in [-0.05, 0) is 55.5 Å². The highest BCUT2D eigenvalue weighted by Crippen LogP contribution is 2.43. The highest BCUT2D eigenvalue weighted by molar-refractivity contribution is 5.37. The fourth-order valence-electron chi connectivity index (χ4n) is 3.30. The number of aryl methyl sites for hydroxylation is 1. The van der Waals surface area contributed by atoms with E-state index < -0.39 is 5.60 Å². The van der Waals surface area contributed by atoms with Crippen LogP contribution in [-0.2, 0) is 12.0 Å². The third-order valence-electron chi connectivity index (χ3n) is 4.53. The molecule has 1 aromatic heterocycles. The Labute approximate surface area is 125 Å². The van der Waals surface area contributed by atoms with Crippen molar-refractivity contribution >= 4 is 0 Å². The van der Waals surface area contributed by atoms with Gasteiger partial charge >= 0.3 is 0 Å². The highest BCUT2D eigenvalue weighted by Gasteiger charge is 2.38. The number of ether oxygens (including phenoxy) is 1. The van der Waals surface area contributed by atoms with Crippen molar-refractivity contribution in [3.63, 3.8) is 0 Å². The molecule has 2 aromatic rings. The lowest BCUT2D eigenvalue weighted by Gasteiger charge is -2.36. The summed E-state index contributed by atoms with van der Waals surface area (Å²) in [6.45, 7) is 1.89. The number of aliphatic hydroxyl groups is 1. The second-order valence-electron chi connectivity index (χ2n) is 5.87. The highest BCUT2D eigenvalue weighted by atomic mass is 16.5. The Morgan fingerprint density at radius 3 is 2.95 bits per heavy atom. The van der Waals surface area contributed by atoms with Crippen LogP contribution in [0.3, 0.4) is 0 Å². The second kappa shape index (κ2) is 5.49. The minimum Gasteiger partial charge on any atom is -0.497 e. The molecule has 3 nitrogen and oxygen atoms in total. The molecule has 21 heavy (non-hydrogen) atoms. The molecule has 0 fully saturated rings. The summed E-state index contributed by atoms with van der Waals surface area (Å²) in [5, 5.41) is 11.2. The van der Waals surface area contributed by atoms with Gasteiger partial charge in [-0.2, -0.15) is 0 Å². The molecule has 1 aliphatic carbocycles. The van der Waals surface area contributed by atoms with Crippen LogP contribution in [-0.4, -0.2) is 17.2 Å². The van der Waals surface area contributed by atoms with E-state index in [9.17, 15) is 5.11 Å². The summed E-state index contributed by atoms with van der Waals surface area (Å²) in [6, 6.07) is 11.8. The Bertz CT molecular complexity index is 637. The topological polar surface area (TPSA) is 42.4 Å². The molecule has 0 amide bonds. The van der Waals surface area contributed by atoms with Crippen LogP contribution in [0.5, 0.6) is 5.75 Å². The van der Waals surface area contributed by atoms with E-state index in [1.54, 1.807) is 7.11 Å². The second-order valence-corrected chi connectivity index (χ2v) is 5.87. The first kappa shape index (κ1) is 14.1. The van der Waals surface area contributed by atoms with E-state index in [0.29, 0.717) is 0 Å². The van der Waals surface area contributed by atoms with Crippen LogP contribution in [0.2, 0.25) is 0 Å². The molecule has 0 aliphatic heterocycles. The van der Waals surface area contributed by atoms with Gasteiger partial charge < -0.3 is 9.84 Å². The zero-order chi connectivity index (χ0) is 14.9. The number of pyridine rings is 1. The van der Waals surface area contributed by atoms with Crippen LogP contribution in [0.4, 0.5) is 0 Å². The lowest BCUT2D eigenvalue weighted by atomic mass is 9.73. The Hall–Kier alpha value is -1.87. The minimum absolute atomic E-state index is 0.0227. The summed E-state index contributed by atoms with van der Waals surface area (Å²) in [5.74, 6) is 0.791. The molecule has 3 rings (SSSR count). The third kappa shape index (κ3) is 2.54. The maximum absolute atomic E-state index is 11.2. The van der Waals surface area contributed by atoms with Crippen LogP contribution in [0.1, 0.15) is 42.5 Å². The number of methoxy groups -OCH3 is 1. The normalized spacial score (nSPS) is 20.4. The summed E-state index contributed by atoms with van der Waals surface area (Å²) in [7, 11) is 1.64. The van der Waals surface area contributed by atoms with Crippen LogP contribution in [0.25, 0.3) is 0 Å². The molecule has 0 bridgehead atoms. The van der Waals surface area contributed by atoms with Crippen molar-refractivity contribution in [2.75, 3.05) is 7.11 Å². The predicted molar refractivity (Wildman–Crippen MR) is 82.5 cm³/mol. The first-order valence-electron chi connectivity index (χ1n) is 7.43. The van der Waals surface area contributed by atoms with E-state index in [1.807, 2.05) is 43.5 Å². The number of nitrogens with zero attached hydrogens (tertiary/aromatic N) is 1. The molecule has 2 unspecified atom stereocenters. The Kier molecular flexibility index (Phi) is 3.68. The average Bonchev–Trinajstić information content (AvgIpc) is 2.54. The number of aromatic nitrogens is 1. The van der Waals surface area contributed by atoms with E-state index >= 15 is 0 Å². The smallest absolute Gasteiger partial charge is 0.119 e. The fraction of sp³-hybridized carbons (Fsp3) is 0.389. The maximum Gasteiger partial charge on any atom is 0.119 e. The molecule has 1 aromatic carbocycles. The number of hydrogen-bond donors (Lipinski definition) is 1. The third-order valence-corrected chi connectivity index (χ3v) is 4.53. The van der Waals surface area contributed by atoms with Gasteiger partial charge in [0.2, 0.25) is 0 Å². The SMILES string of the molecule is COc1cccc(C(C)(O)C2CCCc3cccnc32)c1. The van der Waals surface area contributed by atoms with Crippen molar-refractivity contribution in [3.8, 4) is 5.75 Å². The lowest BCUT2D eigenvalue weighted by molar-refractivity contribution is 0.0187. The molecule has 0 spiro atoms. The van der Waals surface area contributed by atoms with E-state index in [1.165, 1.54) is 5.56 Å². The van der Waals surface area contributed by atoms with Gasteiger partial charge in [-0.3, -0.25) is 4.98 Å². The van der Waals surface area contributed by atoms with E-state index in [-0.39, 0.29) is 5.92 Å². The zero-order valence-corrected chi connectivity index (χ0v) is 12.5. The van der Waals surface area contributed by atoms with Crippen molar-refractivity contribution in [3.05, 3.63) is 59.4 Å². The lowest BCUT2D eigenvalue weighted by Crippen LogP contribution is -2.33. The van der Waals surface area contributed by atoms with Crippen LogP contribution < -0.4 is 4.74 Å². The van der Waals surface area contributed by atoms with Crippen LogP contribution >= 0.6 is 0 Å². The summed E-state index contributed by atoms with van der Waals surface area (Å²) >= 11 is 0. The molecule has 2 atom stereocenters. The number of rotatable bonds is 3. The van der Waals surface area contributed by atoms with Crippen molar-refractivity contribution in [2.45, 2.75) is 37.7 Å². The molecule has 1 N–H and O–H groups in total. The quantitative estimate of drug-likeness (QED) is 0.938. The van der Waals surface area contributed by atoms with Gasteiger partial charge in [0, 0.05) is 17.8 Å². The van der Waals surface area contributed by atoms with E-state index in [0.717, 1.165) is 36.3 Å². The molecular weight excluding hydrogens is 262 g/mol. The predicted octanol–water partition coefficient (Wildman–Crippen LogP) is 3.42. The van der Waals surface area contributed by atoms with Crippen LogP contribution in [0, 0.1) is 0 Å². The Balaban J connectivity index is 2.02. The van der Waals surface area contributed by atoms with Crippen molar-refractivity contribution in [2.24, 2.45) is 0 Å². The van der Waals surface area contributed by atoms with Gasteiger partial charge in [0.25, 0.3) is 0 Å². The average molecular weight is 283 g/mol. The Morgan fingerprint density at radius 1 is 1.29 bits per heavy atom. The van der Waals surface area contributed by atoms with Crippen molar-refractivity contribution < 1.29 is 9.84 Å². The standard InChI is InChI=1S/C18H21NO2/c1-18(20,14-8-4-9-15(12-14)21-2)16-10-3-6-13-7-5-11-19-17(13)16/h4-5,7-9,11-12,16,20H,3,6,10H2,1-2H3. The first-order chi connectivity index (χ1) is 10.1. The summed E-state index contributed by atoms with van der Waals surface area (Å²) in [6.07, 6.45) is 4.91. The van der Waals surface area contributed by atoms with E-state index in [4.69, 9.17) is 4.74 Å². The Morgan fingerprint density at radius 2 is 2.14 bits per heavy atom. The van der Waals surface area contributed by atoms with E-state index in [2.05, 4.69) is 11.1 Å². The zero-order valence-electron chi connectivity index (χ0n) is 12.5. The largest absolute Gasteiger partial charge is 0.497 e. The van der Waals surface area contributed by atoms with Gasteiger partial charge in [-0.25, -0.2) is 0 Å². The van der Waals surface area contributed by atoms with Gasteiger partial charge in [0.1, 0.15) is 5.75 Å². The number of benzene rings is 1. The van der Waals surface area contributed by atoms with Crippen LogP contribution in [0.15, 0.2) is 42.6 Å². The van der Waals surface area contributed by atoms with Gasteiger partial charge in [0.15, 0.2) is 0 Å². The summed E-state index contributed by atoms with van der Waals surface area (Å²) < 4.78 is 5.28. The van der Waals surface area contributed by atoms with Crippen molar-refractivity contribution in [1.29, 1.82) is 0 Å². The summed E-state index contributed by atoms with van der Waals surface area (Å²) in [5.41, 5.74) is 2.23. The minimum atomic E-state index is -0.946. The fourth-order valence-corrected chi connectivity index (χ4v) is 3.30. The molecule has 1 aliphatic rings. The molecule has 110 valence electrons. The molecule has 3 heteroatoms. The number of fused-ring (bicyclic) bond motifs is 1. The van der Waals surface area contributed by atoms with Gasteiger partial charge in [-0.1, -0.05) is 18.2 Å². The molecule has 0 radical (unpaired) electrons. The molecular formula is C18H21NO2. The monoisotopic (exact) mass is 283 g/mol. The molecule has 0 saturated heterocycles. The molecule has 1 heterocycles. The van der Waals surface area contributed by atoms with Crippen molar-refractivity contribution in [1.82, 2.24) is 4.98 Å². The van der Waals surface area contributed by atoms with Gasteiger partial charge in [-0.15, -0.1) is 0 Å².